The standard InChI is InChI=1S/C9H21NS/c1-5-8(4)9(10)6-11-7(2)3/h7-9H,5-6,10H2,1-4H3. The molecule has 2 atom stereocenters. The third kappa shape index (κ3) is 5.57. The zero-order valence-electron chi connectivity index (χ0n) is 8.13. The topological polar surface area (TPSA) is 26.0 Å². The molecule has 0 radical (unpaired) electrons. The van der Waals surface area contributed by atoms with Gasteiger partial charge in [0.05, 0.1) is 0 Å². The summed E-state index contributed by atoms with van der Waals surface area (Å²) in [6.45, 7) is 8.86. The van der Waals surface area contributed by atoms with E-state index < -0.39 is 0 Å². The van der Waals surface area contributed by atoms with Crippen molar-refractivity contribution in [3.63, 3.8) is 0 Å². The quantitative estimate of drug-likeness (QED) is 0.695. The van der Waals surface area contributed by atoms with Gasteiger partial charge in [0.25, 0.3) is 0 Å². The minimum absolute atomic E-state index is 0.382. The second kappa shape index (κ2) is 5.90. The Morgan fingerprint density at radius 2 is 1.82 bits per heavy atom. The molecule has 0 aliphatic heterocycles. The van der Waals surface area contributed by atoms with Crippen molar-refractivity contribution >= 4 is 11.8 Å². The van der Waals surface area contributed by atoms with Crippen molar-refractivity contribution in [3.8, 4) is 0 Å². The van der Waals surface area contributed by atoms with Gasteiger partial charge in [-0.05, 0) is 11.2 Å². The van der Waals surface area contributed by atoms with Crippen molar-refractivity contribution in [3.05, 3.63) is 0 Å². The van der Waals surface area contributed by atoms with E-state index in [4.69, 9.17) is 5.73 Å². The maximum absolute atomic E-state index is 5.96. The van der Waals surface area contributed by atoms with E-state index in [1.807, 2.05) is 11.8 Å². The molecule has 2 heteroatoms. The third-order valence-corrected chi connectivity index (χ3v) is 3.24. The van der Waals surface area contributed by atoms with Crippen LogP contribution in [0.2, 0.25) is 0 Å². The average molecular weight is 175 g/mol. The van der Waals surface area contributed by atoms with Gasteiger partial charge in [0.15, 0.2) is 0 Å². The monoisotopic (exact) mass is 175 g/mol. The average Bonchev–Trinajstić information content (AvgIpc) is 1.98. The number of hydrogen-bond donors (Lipinski definition) is 1. The molecule has 0 saturated heterocycles. The van der Waals surface area contributed by atoms with Gasteiger partial charge in [0, 0.05) is 11.8 Å². The normalized spacial score (nSPS) is 16.9. The van der Waals surface area contributed by atoms with E-state index in [1.54, 1.807) is 0 Å². The van der Waals surface area contributed by atoms with Crippen molar-refractivity contribution in [1.82, 2.24) is 0 Å². The first kappa shape index (κ1) is 11.3. The Bertz CT molecular complexity index is 93.6. The summed E-state index contributed by atoms with van der Waals surface area (Å²) in [4.78, 5) is 0. The Morgan fingerprint density at radius 1 is 1.27 bits per heavy atom. The van der Waals surface area contributed by atoms with E-state index in [0.717, 1.165) is 5.75 Å². The van der Waals surface area contributed by atoms with Crippen LogP contribution in [0, 0.1) is 5.92 Å². The minimum atomic E-state index is 0.382. The molecular weight excluding hydrogens is 154 g/mol. The smallest absolute Gasteiger partial charge is 0.0156 e. The summed E-state index contributed by atoms with van der Waals surface area (Å²) in [6.07, 6.45) is 1.19. The van der Waals surface area contributed by atoms with E-state index in [-0.39, 0.29) is 0 Å². The zero-order valence-corrected chi connectivity index (χ0v) is 8.95. The van der Waals surface area contributed by atoms with Crippen LogP contribution in [-0.4, -0.2) is 17.0 Å². The molecule has 1 nitrogen and oxygen atoms in total. The van der Waals surface area contributed by atoms with Crippen molar-refractivity contribution < 1.29 is 0 Å². The maximum atomic E-state index is 5.96. The first-order valence-corrected chi connectivity index (χ1v) is 5.50. The first-order valence-electron chi connectivity index (χ1n) is 4.45. The molecule has 0 heterocycles. The molecule has 0 aromatic rings. The Labute approximate surface area is 75.1 Å². The van der Waals surface area contributed by atoms with E-state index in [0.29, 0.717) is 17.2 Å². The largest absolute Gasteiger partial charge is 0.327 e. The summed E-state index contributed by atoms with van der Waals surface area (Å²) in [5.74, 6) is 1.77. The highest BCUT2D eigenvalue weighted by Crippen LogP contribution is 2.15. The van der Waals surface area contributed by atoms with Crippen molar-refractivity contribution in [2.45, 2.75) is 45.4 Å². The van der Waals surface area contributed by atoms with Gasteiger partial charge >= 0.3 is 0 Å². The lowest BCUT2D eigenvalue weighted by molar-refractivity contribution is 0.475. The van der Waals surface area contributed by atoms with Crippen LogP contribution >= 0.6 is 11.8 Å². The molecule has 0 aromatic carbocycles. The first-order chi connectivity index (χ1) is 5.07. The van der Waals surface area contributed by atoms with Gasteiger partial charge in [0.2, 0.25) is 0 Å². The summed E-state index contributed by atoms with van der Waals surface area (Å²) >= 11 is 1.96. The number of hydrogen-bond acceptors (Lipinski definition) is 2. The van der Waals surface area contributed by atoms with Gasteiger partial charge in [-0.3, -0.25) is 0 Å². The molecule has 0 aliphatic rings. The van der Waals surface area contributed by atoms with Crippen molar-refractivity contribution in [2.75, 3.05) is 5.75 Å². The van der Waals surface area contributed by atoms with Crippen LogP contribution in [0.3, 0.4) is 0 Å². The van der Waals surface area contributed by atoms with Gasteiger partial charge in [-0.1, -0.05) is 34.1 Å². The molecule has 0 rings (SSSR count). The molecular formula is C9H21NS. The van der Waals surface area contributed by atoms with Gasteiger partial charge in [-0.2, -0.15) is 11.8 Å². The Hall–Kier alpha value is 0.310. The van der Waals surface area contributed by atoms with Crippen molar-refractivity contribution in [2.24, 2.45) is 11.7 Å². The van der Waals surface area contributed by atoms with Gasteiger partial charge in [0.1, 0.15) is 0 Å². The summed E-state index contributed by atoms with van der Waals surface area (Å²) in [5, 5.41) is 0.713. The summed E-state index contributed by atoms with van der Waals surface area (Å²) < 4.78 is 0. The van der Waals surface area contributed by atoms with Crippen LogP contribution < -0.4 is 5.73 Å². The third-order valence-electron chi connectivity index (χ3n) is 2.00. The fourth-order valence-corrected chi connectivity index (χ4v) is 1.71. The van der Waals surface area contributed by atoms with E-state index in [1.165, 1.54) is 6.42 Å². The molecule has 0 fully saturated rings. The number of rotatable bonds is 5. The molecule has 11 heavy (non-hydrogen) atoms. The molecule has 0 amide bonds. The lowest BCUT2D eigenvalue weighted by atomic mass is 10.0. The molecule has 68 valence electrons. The highest BCUT2D eigenvalue weighted by atomic mass is 32.2. The Morgan fingerprint density at radius 3 is 2.18 bits per heavy atom. The van der Waals surface area contributed by atoms with Crippen LogP contribution in [0.1, 0.15) is 34.1 Å². The lowest BCUT2D eigenvalue weighted by Crippen LogP contribution is -2.30. The fourth-order valence-electron chi connectivity index (χ4n) is 0.771. The van der Waals surface area contributed by atoms with E-state index >= 15 is 0 Å². The van der Waals surface area contributed by atoms with Crippen molar-refractivity contribution in [1.29, 1.82) is 0 Å². The molecule has 2 N–H and O–H groups in total. The Kier molecular flexibility index (Phi) is 6.06. The fraction of sp³-hybridized carbons (Fsp3) is 1.00. The predicted octanol–water partition coefficient (Wildman–Crippen LogP) is 2.50. The summed E-state index contributed by atoms with van der Waals surface area (Å²) in [7, 11) is 0. The predicted molar refractivity (Wildman–Crippen MR) is 55.0 cm³/mol. The maximum Gasteiger partial charge on any atom is 0.0156 e. The Balaban J connectivity index is 3.43. The molecule has 0 spiro atoms. The van der Waals surface area contributed by atoms with Gasteiger partial charge in [-0.15, -0.1) is 0 Å². The molecule has 0 aromatic heterocycles. The summed E-state index contributed by atoms with van der Waals surface area (Å²) in [5.41, 5.74) is 5.96. The molecule has 0 saturated carbocycles. The van der Waals surface area contributed by atoms with Crippen LogP contribution in [0.5, 0.6) is 0 Å². The van der Waals surface area contributed by atoms with E-state index in [9.17, 15) is 0 Å². The van der Waals surface area contributed by atoms with Gasteiger partial charge in [-0.25, -0.2) is 0 Å². The van der Waals surface area contributed by atoms with Crippen LogP contribution in [0.4, 0.5) is 0 Å². The second-order valence-electron chi connectivity index (χ2n) is 3.43. The minimum Gasteiger partial charge on any atom is -0.327 e. The number of thioether (sulfide) groups is 1. The van der Waals surface area contributed by atoms with Gasteiger partial charge < -0.3 is 5.73 Å². The zero-order chi connectivity index (χ0) is 8.85. The lowest BCUT2D eigenvalue weighted by Gasteiger charge is -2.18. The molecule has 0 aliphatic carbocycles. The molecule has 2 unspecified atom stereocenters. The number of nitrogens with two attached hydrogens (primary N) is 1. The van der Waals surface area contributed by atoms with Crippen LogP contribution in [-0.2, 0) is 0 Å². The van der Waals surface area contributed by atoms with Crippen LogP contribution in [0.25, 0.3) is 0 Å². The molecule has 0 bridgehead atoms. The highest BCUT2D eigenvalue weighted by molar-refractivity contribution is 7.99. The second-order valence-corrected chi connectivity index (χ2v) is 5.04. The highest BCUT2D eigenvalue weighted by Gasteiger charge is 2.10. The summed E-state index contributed by atoms with van der Waals surface area (Å²) in [6, 6.07) is 0.382. The van der Waals surface area contributed by atoms with E-state index in [2.05, 4.69) is 27.7 Å². The van der Waals surface area contributed by atoms with Crippen LogP contribution in [0.15, 0.2) is 0 Å². The SMILES string of the molecule is CCC(C)C(N)CSC(C)C.